The maximum atomic E-state index is 11.2. The zero-order valence-electron chi connectivity index (χ0n) is 11.7. The van der Waals surface area contributed by atoms with E-state index in [9.17, 15) is 4.79 Å². The van der Waals surface area contributed by atoms with Crippen molar-refractivity contribution in [2.75, 3.05) is 6.61 Å². The first kappa shape index (κ1) is 15.0. The fraction of sp³-hybridized carbons (Fsp3) is 0.533. The number of carbonyl (C=O) groups is 1. The number of rotatable bonds is 7. The minimum absolute atomic E-state index is 0.0586. The van der Waals surface area contributed by atoms with E-state index in [4.69, 9.17) is 4.74 Å². The maximum Gasteiger partial charge on any atom is 0.305 e. The molecule has 2 nitrogen and oxygen atoms in total. The molecule has 1 rings (SSSR count). The van der Waals surface area contributed by atoms with Gasteiger partial charge in [-0.15, -0.1) is 0 Å². The molecular weight excluding hydrogens is 240 g/mol. The summed E-state index contributed by atoms with van der Waals surface area (Å²) in [6.45, 7) is 7.13. The number of carbonyl (C=O) groups excluding carboxylic acids is 1. The highest BCUT2D eigenvalue weighted by molar-refractivity contribution is 6.89. The van der Waals surface area contributed by atoms with E-state index in [1.807, 2.05) is 6.92 Å². The summed E-state index contributed by atoms with van der Waals surface area (Å²) in [5.41, 5.74) is 0. The second-order valence-electron chi connectivity index (χ2n) is 5.26. The molecule has 1 aromatic carbocycles. The molecule has 0 spiro atoms. The Bertz CT molecular complexity index is 360. The highest BCUT2D eigenvalue weighted by Crippen LogP contribution is 2.15. The molecule has 0 fully saturated rings. The fourth-order valence-corrected chi connectivity index (χ4v) is 4.62. The first-order valence-corrected chi connectivity index (χ1v) is 9.98. The monoisotopic (exact) mass is 264 g/mol. The van der Waals surface area contributed by atoms with E-state index in [1.54, 1.807) is 0 Å². The summed E-state index contributed by atoms with van der Waals surface area (Å²) < 4.78 is 4.93. The molecule has 0 amide bonds. The number of hydrogen-bond donors (Lipinski definition) is 0. The minimum Gasteiger partial charge on any atom is -0.466 e. The smallest absolute Gasteiger partial charge is 0.305 e. The fourth-order valence-electron chi connectivity index (χ4n) is 2.10. The third-order valence-corrected chi connectivity index (χ3v) is 6.79. The normalized spacial score (nSPS) is 11.3. The van der Waals surface area contributed by atoms with Gasteiger partial charge in [-0.2, -0.15) is 0 Å². The molecular formula is C15H24O2Si. The standard InChI is InChI=1S/C15H24O2Si/c1-4-17-15(16)12-8-9-13-18(2,3)14-10-6-5-7-11-14/h5-7,10-11H,4,8-9,12-13H2,1-3H3. The molecule has 100 valence electrons. The van der Waals surface area contributed by atoms with E-state index < -0.39 is 8.07 Å². The van der Waals surface area contributed by atoms with Crippen molar-refractivity contribution in [3.8, 4) is 0 Å². The van der Waals surface area contributed by atoms with E-state index in [0.717, 1.165) is 12.8 Å². The van der Waals surface area contributed by atoms with Crippen LogP contribution >= 0.6 is 0 Å². The van der Waals surface area contributed by atoms with Gasteiger partial charge >= 0.3 is 5.97 Å². The van der Waals surface area contributed by atoms with E-state index in [-0.39, 0.29) is 5.97 Å². The van der Waals surface area contributed by atoms with E-state index in [2.05, 4.69) is 43.4 Å². The molecule has 0 N–H and O–H groups in total. The van der Waals surface area contributed by atoms with Crippen LogP contribution < -0.4 is 5.19 Å². The largest absolute Gasteiger partial charge is 0.466 e. The van der Waals surface area contributed by atoms with Gasteiger partial charge in [0.2, 0.25) is 0 Å². The van der Waals surface area contributed by atoms with Crippen LogP contribution in [0, 0.1) is 0 Å². The summed E-state index contributed by atoms with van der Waals surface area (Å²) in [6.07, 6.45) is 2.63. The molecule has 0 aliphatic heterocycles. The Morgan fingerprint density at radius 1 is 1.17 bits per heavy atom. The Kier molecular flexibility index (Phi) is 6.12. The van der Waals surface area contributed by atoms with Crippen molar-refractivity contribution in [1.82, 2.24) is 0 Å². The van der Waals surface area contributed by atoms with Crippen LogP contribution in [0.25, 0.3) is 0 Å². The zero-order valence-corrected chi connectivity index (χ0v) is 12.7. The molecule has 1 aromatic rings. The Labute approximate surface area is 111 Å². The molecule has 0 aliphatic carbocycles. The number of esters is 1. The molecule has 0 saturated heterocycles. The molecule has 3 heteroatoms. The lowest BCUT2D eigenvalue weighted by Crippen LogP contribution is -2.40. The summed E-state index contributed by atoms with van der Waals surface area (Å²) >= 11 is 0. The highest BCUT2D eigenvalue weighted by Gasteiger charge is 2.22. The molecule has 18 heavy (non-hydrogen) atoms. The highest BCUT2D eigenvalue weighted by atomic mass is 28.3. The average Bonchev–Trinajstić information content (AvgIpc) is 2.36. The Morgan fingerprint density at radius 2 is 1.83 bits per heavy atom. The van der Waals surface area contributed by atoms with Gasteiger partial charge in [0.25, 0.3) is 0 Å². The molecule has 0 saturated carbocycles. The quantitative estimate of drug-likeness (QED) is 0.429. The third-order valence-electron chi connectivity index (χ3n) is 3.29. The second-order valence-corrected chi connectivity index (χ2v) is 10.1. The summed E-state index contributed by atoms with van der Waals surface area (Å²) in [7, 11) is -1.32. The number of unbranched alkanes of at least 4 members (excludes halogenated alkanes) is 1. The molecule has 0 aliphatic rings. The topological polar surface area (TPSA) is 26.3 Å². The predicted octanol–water partition coefficient (Wildman–Crippen LogP) is 3.34. The van der Waals surface area contributed by atoms with Crippen molar-refractivity contribution in [2.45, 2.75) is 45.3 Å². The van der Waals surface area contributed by atoms with Gasteiger partial charge in [-0.05, 0) is 13.3 Å². The lowest BCUT2D eigenvalue weighted by Gasteiger charge is -2.22. The SMILES string of the molecule is CCOC(=O)CCCC[Si](C)(C)c1ccccc1. The Morgan fingerprint density at radius 3 is 2.44 bits per heavy atom. The first-order valence-electron chi connectivity index (χ1n) is 6.77. The van der Waals surface area contributed by atoms with Crippen molar-refractivity contribution >= 4 is 19.2 Å². The van der Waals surface area contributed by atoms with Gasteiger partial charge in [-0.3, -0.25) is 4.79 Å². The number of ether oxygens (including phenoxy) is 1. The van der Waals surface area contributed by atoms with Crippen LogP contribution in [-0.4, -0.2) is 20.7 Å². The molecule has 0 radical (unpaired) electrons. The number of hydrogen-bond acceptors (Lipinski definition) is 2. The van der Waals surface area contributed by atoms with E-state index >= 15 is 0 Å². The van der Waals surface area contributed by atoms with Crippen LogP contribution in [0.1, 0.15) is 26.2 Å². The van der Waals surface area contributed by atoms with E-state index in [1.165, 1.54) is 11.2 Å². The second kappa shape index (κ2) is 7.37. The van der Waals surface area contributed by atoms with Crippen molar-refractivity contribution in [3.63, 3.8) is 0 Å². The van der Waals surface area contributed by atoms with Crippen molar-refractivity contribution < 1.29 is 9.53 Å². The lowest BCUT2D eigenvalue weighted by molar-refractivity contribution is -0.143. The molecule has 0 bridgehead atoms. The first-order chi connectivity index (χ1) is 8.56. The van der Waals surface area contributed by atoms with Crippen molar-refractivity contribution in [1.29, 1.82) is 0 Å². The van der Waals surface area contributed by atoms with Crippen LogP contribution in [0.4, 0.5) is 0 Å². The Balaban J connectivity index is 2.32. The third kappa shape index (κ3) is 5.04. The minimum atomic E-state index is -1.32. The molecule has 0 unspecified atom stereocenters. The van der Waals surface area contributed by atoms with Crippen LogP contribution in [0.5, 0.6) is 0 Å². The summed E-state index contributed by atoms with van der Waals surface area (Å²) in [6, 6.07) is 12.0. The van der Waals surface area contributed by atoms with Crippen LogP contribution in [0.3, 0.4) is 0 Å². The predicted molar refractivity (Wildman–Crippen MR) is 78.8 cm³/mol. The summed E-state index contributed by atoms with van der Waals surface area (Å²) in [5.74, 6) is -0.0586. The Hall–Kier alpha value is -1.09. The van der Waals surface area contributed by atoms with Crippen molar-refractivity contribution in [2.24, 2.45) is 0 Å². The van der Waals surface area contributed by atoms with Crippen LogP contribution in [0.15, 0.2) is 30.3 Å². The molecule has 0 aromatic heterocycles. The number of benzene rings is 1. The molecule has 0 atom stereocenters. The van der Waals surface area contributed by atoms with Gasteiger partial charge in [0, 0.05) is 6.42 Å². The molecule has 0 heterocycles. The van der Waals surface area contributed by atoms with Gasteiger partial charge < -0.3 is 4.74 Å². The van der Waals surface area contributed by atoms with Gasteiger partial charge in [0.05, 0.1) is 14.7 Å². The summed E-state index contributed by atoms with van der Waals surface area (Å²) in [5, 5.41) is 1.50. The van der Waals surface area contributed by atoms with E-state index in [0.29, 0.717) is 13.0 Å². The zero-order chi connectivity index (χ0) is 13.4. The van der Waals surface area contributed by atoms with Gasteiger partial charge in [0.15, 0.2) is 0 Å². The van der Waals surface area contributed by atoms with Gasteiger partial charge in [0.1, 0.15) is 0 Å². The van der Waals surface area contributed by atoms with Gasteiger partial charge in [-0.25, -0.2) is 0 Å². The van der Waals surface area contributed by atoms with Crippen LogP contribution in [0.2, 0.25) is 19.1 Å². The lowest BCUT2D eigenvalue weighted by atomic mass is 10.2. The van der Waals surface area contributed by atoms with Gasteiger partial charge in [-0.1, -0.05) is 61.1 Å². The van der Waals surface area contributed by atoms with Crippen LogP contribution in [-0.2, 0) is 9.53 Å². The maximum absolute atomic E-state index is 11.2. The van der Waals surface area contributed by atoms with Crippen molar-refractivity contribution in [3.05, 3.63) is 30.3 Å². The summed E-state index contributed by atoms with van der Waals surface area (Å²) in [4.78, 5) is 11.2. The average molecular weight is 264 g/mol.